The molecule has 7 heteroatoms. The summed E-state index contributed by atoms with van der Waals surface area (Å²) in [6.07, 6.45) is 1.65. The molecular weight excluding hydrogens is 294 g/mol. The van der Waals surface area contributed by atoms with E-state index in [4.69, 9.17) is 4.74 Å². The summed E-state index contributed by atoms with van der Waals surface area (Å²) >= 11 is 0. The van der Waals surface area contributed by atoms with Gasteiger partial charge in [-0.2, -0.15) is 0 Å². The van der Waals surface area contributed by atoms with Crippen LogP contribution in [-0.2, 0) is 4.74 Å². The first-order chi connectivity index (χ1) is 10.9. The monoisotopic (exact) mass is 321 g/mol. The molecule has 7 nitrogen and oxygen atoms in total. The van der Waals surface area contributed by atoms with Gasteiger partial charge < -0.3 is 20.3 Å². The SMILES string of the molecule is CN(C)c1ccc(NC(=O)NCC(C)(C)N2CCOCC2)cn1. The Morgan fingerprint density at radius 1 is 1.35 bits per heavy atom. The summed E-state index contributed by atoms with van der Waals surface area (Å²) in [5.74, 6) is 0.851. The fourth-order valence-electron chi connectivity index (χ4n) is 2.48. The summed E-state index contributed by atoms with van der Waals surface area (Å²) in [4.78, 5) is 20.6. The average Bonchev–Trinajstić information content (AvgIpc) is 2.54. The Morgan fingerprint density at radius 3 is 2.61 bits per heavy atom. The zero-order chi connectivity index (χ0) is 16.9. The van der Waals surface area contributed by atoms with E-state index in [0.717, 1.165) is 32.1 Å². The largest absolute Gasteiger partial charge is 0.379 e. The standard InChI is InChI=1S/C16H27N5O2/c1-16(2,21-7-9-23-10-8-21)12-18-15(22)19-13-5-6-14(17-11-13)20(3)4/h5-6,11H,7-10,12H2,1-4H3,(H2,18,19,22). The number of nitrogens with zero attached hydrogens (tertiary/aromatic N) is 3. The Bertz CT molecular complexity index is 510. The summed E-state index contributed by atoms with van der Waals surface area (Å²) in [5, 5.41) is 5.74. The lowest BCUT2D eigenvalue weighted by Gasteiger charge is -2.40. The van der Waals surface area contributed by atoms with E-state index >= 15 is 0 Å². The lowest BCUT2D eigenvalue weighted by molar-refractivity contribution is -0.00863. The van der Waals surface area contributed by atoms with Gasteiger partial charge in [-0.05, 0) is 26.0 Å². The molecule has 0 unspecified atom stereocenters. The van der Waals surface area contributed by atoms with Crippen molar-refractivity contribution >= 4 is 17.5 Å². The Kier molecular flexibility index (Phi) is 5.79. The first kappa shape index (κ1) is 17.5. The van der Waals surface area contributed by atoms with E-state index in [-0.39, 0.29) is 11.6 Å². The number of amides is 2. The van der Waals surface area contributed by atoms with E-state index in [1.165, 1.54) is 0 Å². The molecule has 0 aromatic carbocycles. The van der Waals surface area contributed by atoms with Gasteiger partial charge in [-0.25, -0.2) is 9.78 Å². The number of hydrogen-bond donors (Lipinski definition) is 2. The van der Waals surface area contributed by atoms with Crippen molar-refractivity contribution in [3.63, 3.8) is 0 Å². The maximum absolute atomic E-state index is 12.1. The van der Waals surface area contributed by atoms with E-state index in [1.807, 2.05) is 31.1 Å². The predicted octanol–water partition coefficient (Wildman–Crippen LogP) is 1.38. The molecule has 1 aromatic heterocycles. The van der Waals surface area contributed by atoms with Gasteiger partial charge in [-0.15, -0.1) is 0 Å². The van der Waals surface area contributed by atoms with Gasteiger partial charge in [0, 0.05) is 39.3 Å². The van der Waals surface area contributed by atoms with Gasteiger partial charge >= 0.3 is 6.03 Å². The number of pyridine rings is 1. The molecule has 0 spiro atoms. The van der Waals surface area contributed by atoms with Gasteiger partial charge in [0.2, 0.25) is 0 Å². The van der Waals surface area contributed by atoms with Crippen molar-refractivity contribution in [1.29, 1.82) is 0 Å². The number of carbonyl (C=O) groups excluding carboxylic acids is 1. The van der Waals surface area contributed by atoms with E-state index in [1.54, 1.807) is 6.20 Å². The molecule has 0 bridgehead atoms. The number of anilines is 2. The first-order valence-electron chi connectivity index (χ1n) is 7.89. The second-order valence-corrected chi connectivity index (χ2v) is 6.52. The van der Waals surface area contributed by atoms with Crippen molar-refractivity contribution in [2.45, 2.75) is 19.4 Å². The van der Waals surface area contributed by atoms with Crippen LogP contribution in [0.5, 0.6) is 0 Å². The highest BCUT2D eigenvalue weighted by Gasteiger charge is 2.28. The van der Waals surface area contributed by atoms with Crippen molar-refractivity contribution < 1.29 is 9.53 Å². The minimum atomic E-state index is -0.217. The van der Waals surface area contributed by atoms with E-state index in [9.17, 15) is 4.79 Å². The number of urea groups is 1. The molecule has 2 rings (SSSR count). The van der Waals surface area contributed by atoms with Crippen LogP contribution in [0.2, 0.25) is 0 Å². The molecule has 1 fully saturated rings. The Labute approximate surface area is 138 Å². The molecule has 2 amide bonds. The lowest BCUT2D eigenvalue weighted by atomic mass is 10.0. The van der Waals surface area contributed by atoms with Crippen molar-refractivity contribution in [2.24, 2.45) is 0 Å². The smallest absolute Gasteiger partial charge is 0.319 e. The zero-order valence-electron chi connectivity index (χ0n) is 14.4. The van der Waals surface area contributed by atoms with Gasteiger partial charge in [0.05, 0.1) is 25.1 Å². The third-order valence-corrected chi connectivity index (χ3v) is 4.01. The fourth-order valence-corrected chi connectivity index (χ4v) is 2.48. The topological polar surface area (TPSA) is 69.7 Å². The maximum Gasteiger partial charge on any atom is 0.319 e. The van der Waals surface area contributed by atoms with Crippen LogP contribution in [0.15, 0.2) is 18.3 Å². The Morgan fingerprint density at radius 2 is 2.04 bits per heavy atom. The van der Waals surface area contributed by atoms with E-state index in [2.05, 4.69) is 34.4 Å². The number of nitrogens with one attached hydrogen (secondary N) is 2. The highest BCUT2D eigenvalue weighted by molar-refractivity contribution is 5.89. The first-order valence-corrected chi connectivity index (χ1v) is 7.89. The summed E-state index contributed by atoms with van der Waals surface area (Å²) in [7, 11) is 3.85. The summed E-state index contributed by atoms with van der Waals surface area (Å²) < 4.78 is 5.37. The molecule has 0 saturated carbocycles. The maximum atomic E-state index is 12.1. The molecule has 2 heterocycles. The molecule has 23 heavy (non-hydrogen) atoms. The van der Waals surface area contributed by atoms with Gasteiger partial charge in [0.25, 0.3) is 0 Å². The van der Waals surface area contributed by atoms with Crippen molar-refractivity contribution in [3.8, 4) is 0 Å². The van der Waals surface area contributed by atoms with Crippen LogP contribution < -0.4 is 15.5 Å². The Balaban J connectivity index is 1.82. The third kappa shape index (κ3) is 5.07. The zero-order valence-corrected chi connectivity index (χ0v) is 14.4. The minimum absolute atomic E-state index is 0.103. The summed E-state index contributed by atoms with van der Waals surface area (Å²) in [5.41, 5.74) is 0.575. The molecule has 0 radical (unpaired) electrons. The normalized spacial score (nSPS) is 16.0. The van der Waals surface area contributed by atoms with Crippen LogP contribution in [0.3, 0.4) is 0 Å². The Hall–Kier alpha value is -1.86. The molecule has 1 aromatic rings. The molecule has 1 aliphatic rings. The number of carbonyl (C=O) groups is 1. The number of aromatic nitrogens is 1. The van der Waals surface area contributed by atoms with E-state index in [0.29, 0.717) is 12.2 Å². The average molecular weight is 321 g/mol. The molecule has 0 atom stereocenters. The van der Waals surface area contributed by atoms with Crippen molar-refractivity contribution in [2.75, 3.05) is 57.2 Å². The lowest BCUT2D eigenvalue weighted by Crippen LogP contribution is -2.55. The highest BCUT2D eigenvalue weighted by Crippen LogP contribution is 2.15. The van der Waals surface area contributed by atoms with Gasteiger partial charge in [-0.3, -0.25) is 4.90 Å². The molecule has 1 aliphatic heterocycles. The van der Waals surface area contributed by atoms with Gasteiger partial charge in [0.1, 0.15) is 5.82 Å². The predicted molar refractivity (Wildman–Crippen MR) is 92.1 cm³/mol. The number of hydrogen-bond acceptors (Lipinski definition) is 5. The van der Waals surface area contributed by atoms with Crippen LogP contribution in [0.4, 0.5) is 16.3 Å². The summed E-state index contributed by atoms with van der Waals surface area (Å²) in [6.45, 7) is 8.12. The van der Waals surface area contributed by atoms with Crippen molar-refractivity contribution in [1.82, 2.24) is 15.2 Å². The number of morpholine rings is 1. The fraction of sp³-hybridized carbons (Fsp3) is 0.625. The second kappa shape index (κ2) is 7.61. The molecule has 0 aliphatic carbocycles. The van der Waals surface area contributed by atoms with E-state index < -0.39 is 0 Å². The summed E-state index contributed by atoms with van der Waals surface area (Å²) in [6, 6.07) is 3.49. The van der Waals surface area contributed by atoms with Gasteiger partial charge in [0.15, 0.2) is 0 Å². The molecule has 128 valence electrons. The quantitative estimate of drug-likeness (QED) is 0.857. The minimum Gasteiger partial charge on any atom is -0.379 e. The van der Waals surface area contributed by atoms with Crippen LogP contribution in [0.1, 0.15) is 13.8 Å². The molecular formula is C16H27N5O2. The van der Waals surface area contributed by atoms with Gasteiger partial charge in [-0.1, -0.05) is 0 Å². The number of rotatable bonds is 5. The number of ether oxygens (including phenoxy) is 1. The van der Waals surface area contributed by atoms with Crippen LogP contribution >= 0.6 is 0 Å². The van der Waals surface area contributed by atoms with Crippen LogP contribution in [0, 0.1) is 0 Å². The van der Waals surface area contributed by atoms with Crippen LogP contribution in [0.25, 0.3) is 0 Å². The molecule has 2 N–H and O–H groups in total. The van der Waals surface area contributed by atoms with Crippen LogP contribution in [-0.4, -0.2) is 68.4 Å². The second-order valence-electron chi connectivity index (χ2n) is 6.52. The third-order valence-electron chi connectivity index (χ3n) is 4.01. The molecule has 1 saturated heterocycles. The van der Waals surface area contributed by atoms with Crippen molar-refractivity contribution in [3.05, 3.63) is 18.3 Å². The highest BCUT2D eigenvalue weighted by atomic mass is 16.5.